The van der Waals surface area contributed by atoms with E-state index in [1.54, 1.807) is 16.7 Å². The molecule has 0 saturated heterocycles. The second-order valence-electron chi connectivity index (χ2n) is 14.3. The molecule has 0 amide bonds. The van der Waals surface area contributed by atoms with E-state index in [1.165, 1.54) is 60.3 Å². The normalized spacial score (nSPS) is 34.1. The number of aromatic nitrogens is 1. The van der Waals surface area contributed by atoms with Crippen molar-refractivity contribution >= 4 is 21.8 Å². The molecule has 1 nitrogen and oxygen atoms in total. The molecule has 1 aromatic heterocycles. The van der Waals surface area contributed by atoms with Gasteiger partial charge < -0.3 is 4.57 Å². The van der Waals surface area contributed by atoms with Gasteiger partial charge in [-0.1, -0.05) is 127 Å². The van der Waals surface area contributed by atoms with Gasteiger partial charge in [0, 0.05) is 38.2 Å². The van der Waals surface area contributed by atoms with Crippen molar-refractivity contribution in [3.05, 3.63) is 156 Å². The summed E-state index contributed by atoms with van der Waals surface area (Å²) in [6, 6.07) is 53.5. The highest BCUT2D eigenvalue weighted by atomic mass is 15.1. The number of hydrogen-bond acceptors (Lipinski definition) is 0. The van der Waals surface area contributed by atoms with Crippen LogP contribution in [0.15, 0.2) is 140 Å². The van der Waals surface area contributed by atoms with Crippen molar-refractivity contribution in [1.82, 2.24) is 4.57 Å². The molecule has 6 aromatic rings. The molecule has 0 N–H and O–H groups in total. The molecule has 3 bridgehead atoms. The second kappa shape index (κ2) is 7.64. The fraction of sp³-hybridized carbons (Fsp3) is 0.268. The van der Waals surface area contributed by atoms with Crippen molar-refractivity contribution in [2.75, 3.05) is 0 Å². The zero-order valence-corrected chi connectivity index (χ0v) is 24.0. The Morgan fingerprint density at radius 1 is 0.381 bits per heavy atom. The van der Waals surface area contributed by atoms with E-state index in [-0.39, 0.29) is 27.2 Å². The molecule has 10 rings (SSSR count). The SMILES string of the molecule is c1ccc(C23CC4(n5c6ccccc6c6ccccc65)CC5(c6ccccc6)CC(c6ccccc6)(C2)C5(C3)C4)cc1. The zero-order valence-electron chi connectivity index (χ0n) is 24.0. The Balaban J connectivity index is 1.32. The van der Waals surface area contributed by atoms with Crippen molar-refractivity contribution in [2.45, 2.75) is 60.3 Å². The van der Waals surface area contributed by atoms with Crippen LogP contribution in [0.3, 0.4) is 0 Å². The minimum Gasteiger partial charge on any atom is -0.334 e. The molecular weight excluding hydrogens is 506 g/mol. The van der Waals surface area contributed by atoms with Crippen LogP contribution in [0.2, 0.25) is 0 Å². The average molecular weight is 542 g/mol. The van der Waals surface area contributed by atoms with Gasteiger partial charge in [-0.15, -0.1) is 0 Å². The molecule has 4 aliphatic carbocycles. The zero-order chi connectivity index (χ0) is 27.6. The molecule has 1 spiro atoms. The lowest BCUT2D eigenvalue weighted by Gasteiger charge is -2.67. The quantitative estimate of drug-likeness (QED) is 0.209. The van der Waals surface area contributed by atoms with Gasteiger partial charge in [0.15, 0.2) is 0 Å². The minimum atomic E-state index is 0.0413. The maximum absolute atomic E-state index is 2.86. The van der Waals surface area contributed by atoms with Gasteiger partial charge in [-0.25, -0.2) is 0 Å². The van der Waals surface area contributed by atoms with Crippen LogP contribution < -0.4 is 0 Å². The van der Waals surface area contributed by atoms with Crippen LogP contribution >= 0.6 is 0 Å². The van der Waals surface area contributed by atoms with E-state index in [2.05, 4.69) is 144 Å². The molecule has 4 aliphatic rings. The first-order valence-electron chi connectivity index (χ1n) is 15.8. The van der Waals surface area contributed by atoms with Crippen molar-refractivity contribution in [3.8, 4) is 0 Å². The molecular formula is C41H35N. The fourth-order valence-electron chi connectivity index (χ4n) is 11.9. The Morgan fingerprint density at radius 3 is 1.43 bits per heavy atom. The van der Waals surface area contributed by atoms with E-state index in [0.717, 1.165) is 0 Å². The Bertz CT molecular complexity index is 1950. The third-order valence-electron chi connectivity index (χ3n) is 12.7. The van der Waals surface area contributed by atoms with Crippen LogP contribution in [0.4, 0.5) is 0 Å². The largest absolute Gasteiger partial charge is 0.334 e. The standard InChI is InChI=1S/C41H35N/c1-4-14-30(15-5-1)37-24-38(42-35-22-12-10-20-33(35)34-21-11-13-23-36(34)42)27-40(32-18-8-3-9-19-32)29-39(25-37,41(40,26-37)28-38)31-16-6-2-7-17-31/h1-23H,24-29H2. The summed E-state index contributed by atoms with van der Waals surface area (Å²) >= 11 is 0. The molecule has 0 aliphatic heterocycles. The smallest absolute Gasteiger partial charge is 0.0496 e. The lowest BCUT2D eigenvalue weighted by molar-refractivity contribution is -0.0695. The number of fused-ring (bicyclic) bond motifs is 5. The maximum atomic E-state index is 2.86. The minimum absolute atomic E-state index is 0.0413. The summed E-state index contributed by atoms with van der Waals surface area (Å²) < 4.78 is 2.86. The summed E-state index contributed by atoms with van der Waals surface area (Å²) in [6.45, 7) is 0. The van der Waals surface area contributed by atoms with Crippen molar-refractivity contribution < 1.29 is 0 Å². The van der Waals surface area contributed by atoms with Gasteiger partial charge in [0.25, 0.3) is 0 Å². The van der Waals surface area contributed by atoms with Gasteiger partial charge in [0.1, 0.15) is 0 Å². The Morgan fingerprint density at radius 2 is 0.857 bits per heavy atom. The number of nitrogens with zero attached hydrogens (tertiary/aromatic N) is 1. The molecule has 4 saturated carbocycles. The first kappa shape index (κ1) is 23.5. The van der Waals surface area contributed by atoms with Crippen LogP contribution in [0, 0.1) is 5.41 Å². The lowest BCUT2D eigenvalue weighted by atomic mass is 9.36. The van der Waals surface area contributed by atoms with Crippen LogP contribution in [0.25, 0.3) is 21.8 Å². The predicted molar refractivity (Wildman–Crippen MR) is 172 cm³/mol. The topological polar surface area (TPSA) is 4.93 Å². The van der Waals surface area contributed by atoms with Gasteiger partial charge in [-0.2, -0.15) is 0 Å². The molecule has 42 heavy (non-hydrogen) atoms. The molecule has 204 valence electrons. The predicted octanol–water partition coefficient (Wildman–Crippen LogP) is 9.69. The molecule has 1 heterocycles. The summed E-state index contributed by atoms with van der Waals surface area (Å²) in [7, 11) is 0. The third-order valence-corrected chi connectivity index (χ3v) is 12.7. The Hall–Kier alpha value is -4.10. The summed E-state index contributed by atoms with van der Waals surface area (Å²) in [6.07, 6.45) is 7.46. The summed E-state index contributed by atoms with van der Waals surface area (Å²) in [5, 5.41) is 2.79. The van der Waals surface area contributed by atoms with E-state index < -0.39 is 0 Å². The summed E-state index contributed by atoms with van der Waals surface area (Å²) in [4.78, 5) is 0. The molecule has 0 radical (unpaired) electrons. The highest BCUT2D eigenvalue weighted by Crippen LogP contribution is 2.90. The van der Waals surface area contributed by atoms with Crippen molar-refractivity contribution in [1.29, 1.82) is 0 Å². The highest BCUT2D eigenvalue weighted by Gasteiger charge is 2.87. The number of benzene rings is 5. The second-order valence-corrected chi connectivity index (χ2v) is 14.3. The highest BCUT2D eigenvalue weighted by molar-refractivity contribution is 6.08. The molecule has 1 heteroatoms. The van der Waals surface area contributed by atoms with E-state index in [9.17, 15) is 0 Å². The first-order valence-corrected chi connectivity index (χ1v) is 15.8. The van der Waals surface area contributed by atoms with E-state index in [0.29, 0.717) is 0 Å². The van der Waals surface area contributed by atoms with Crippen LogP contribution in [-0.4, -0.2) is 4.57 Å². The molecule has 5 unspecified atom stereocenters. The van der Waals surface area contributed by atoms with E-state index in [1.807, 2.05) is 0 Å². The van der Waals surface area contributed by atoms with Gasteiger partial charge in [-0.05, 0) is 78.2 Å². The van der Waals surface area contributed by atoms with Crippen LogP contribution in [-0.2, 0) is 21.8 Å². The lowest BCUT2D eigenvalue weighted by Crippen LogP contribution is -2.65. The fourth-order valence-corrected chi connectivity index (χ4v) is 11.9. The summed E-state index contributed by atoms with van der Waals surface area (Å²) in [5.41, 5.74) is 8.30. The Kier molecular flexibility index (Phi) is 4.27. The monoisotopic (exact) mass is 541 g/mol. The number of hydrogen-bond donors (Lipinski definition) is 0. The first-order chi connectivity index (χ1) is 20.6. The van der Waals surface area contributed by atoms with E-state index >= 15 is 0 Å². The van der Waals surface area contributed by atoms with Gasteiger partial charge in [0.05, 0.1) is 0 Å². The summed E-state index contributed by atoms with van der Waals surface area (Å²) in [5.74, 6) is 0. The molecule has 4 fully saturated rings. The number of rotatable bonds is 4. The van der Waals surface area contributed by atoms with Gasteiger partial charge >= 0.3 is 0 Å². The van der Waals surface area contributed by atoms with Crippen molar-refractivity contribution in [3.63, 3.8) is 0 Å². The van der Waals surface area contributed by atoms with Gasteiger partial charge in [-0.3, -0.25) is 0 Å². The maximum Gasteiger partial charge on any atom is 0.0496 e. The molecule has 5 aromatic carbocycles. The number of para-hydroxylation sites is 2. The van der Waals surface area contributed by atoms with E-state index in [4.69, 9.17) is 0 Å². The van der Waals surface area contributed by atoms with Crippen molar-refractivity contribution in [2.24, 2.45) is 5.41 Å². The van der Waals surface area contributed by atoms with Gasteiger partial charge in [0.2, 0.25) is 0 Å². The molecule has 5 atom stereocenters. The Labute approximate surface area is 247 Å². The third kappa shape index (κ3) is 2.51. The average Bonchev–Trinajstić information content (AvgIpc) is 3.55. The van der Waals surface area contributed by atoms with Crippen LogP contribution in [0.1, 0.15) is 55.2 Å². The van der Waals surface area contributed by atoms with Crippen LogP contribution in [0.5, 0.6) is 0 Å².